The molecule has 0 saturated carbocycles. The number of nitrogens with one attached hydrogen (secondary N) is 1. The van der Waals surface area contributed by atoms with Gasteiger partial charge in [0.2, 0.25) is 0 Å². The summed E-state index contributed by atoms with van der Waals surface area (Å²) in [5.41, 5.74) is 0. The monoisotopic (exact) mass is 361 g/mol. The Hall–Kier alpha value is -1.12. The van der Waals surface area contributed by atoms with Crippen LogP contribution in [0.15, 0.2) is 23.7 Å². The number of likely N-dealkylation sites (tertiary alicyclic amines) is 1. The molecule has 2 aromatic heterocycles. The summed E-state index contributed by atoms with van der Waals surface area (Å²) in [5, 5.41) is 5.51. The molecule has 3 heterocycles. The molecule has 3 rings (SSSR count). The predicted octanol–water partition coefficient (Wildman–Crippen LogP) is 4.55. The minimum absolute atomic E-state index is 0.354. The fraction of sp³-hybridized carbons (Fsp3) is 0.533. The summed E-state index contributed by atoms with van der Waals surface area (Å²) in [4.78, 5) is 6.95. The van der Waals surface area contributed by atoms with Crippen LogP contribution in [0.5, 0.6) is 0 Å². The van der Waals surface area contributed by atoms with Crippen molar-refractivity contribution in [1.29, 1.82) is 0 Å². The highest BCUT2D eigenvalue weighted by Crippen LogP contribution is 2.35. The Balaban J connectivity index is 1.49. The van der Waals surface area contributed by atoms with Crippen LogP contribution < -0.4 is 5.32 Å². The molecule has 1 atom stereocenters. The highest BCUT2D eigenvalue weighted by atomic mass is 32.1. The summed E-state index contributed by atoms with van der Waals surface area (Å²) in [6.45, 7) is 3.70. The van der Waals surface area contributed by atoms with E-state index in [2.05, 4.69) is 32.7 Å². The first-order valence-corrected chi connectivity index (χ1v) is 9.22. The molecule has 0 aliphatic carbocycles. The molecule has 2 aromatic rings. The van der Waals surface area contributed by atoms with Crippen molar-refractivity contribution in [3.63, 3.8) is 0 Å². The maximum atomic E-state index is 12.6. The van der Waals surface area contributed by atoms with Gasteiger partial charge in [-0.3, -0.25) is 4.90 Å². The molecule has 1 unspecified atom stereocenters. The van der Waals surface area contributed by atoms with Gasteiger partial charge in [-0.05, 0) is 36.8 Å². The fourth-order valence-corrected chi connectivity index (χ4v) is 4.24. The number of halogens is 3. The molecule has 8 heteroatoms. The third kappa shape index (κ3) is 4.68. The topological polar surface area (TPSA) is 28.2 Å². The molecular weight excluding hydrogens is 343 g/mol. The van der Waals surface area contributed by atoms with Gasteiger partial charge in [0, 0.05) is 24.5 Å². The zero-order chi connectivity index (χ0) is 16.3. The molecule has 23 heavy (non-hydrogen) atoms. The third-order valence-electron chi connectivity index (χ3n) is 3.89. The molecule has 1 fully saturated rings. The molecule has 1 N–H and O–H groups in total. The second kappa shape index (κ2) is 7.19. The van der Waals surface area contributed by atoms with Gasteiger partial charge in [-0.1, -0.05) is 17.4 Å². The second-order valence-electron chi connectivity index (χ2n) is 5.73. The van der Waals surface area contributed by atoms with Gasteiger partial charge in [-0.15, -0.1) is 11.3 Å². The van der Waals surface area contributed by atoms with Gasteiger partial charge >= 0.3 is 6.18 Å². The highest BCUT2D eigenvalue weighted by Gasteiger charge is 2.33. The van der Waals surface area contributed by atoms with Crippen LogP contribution in [0, 0.1) is 5.92 Å². The zero-order valence-electron chi connectivity index (χ0n) is 12.5. The SMILES string of the molecule is FC(F)(F)c1cnc(NCC2CCCN(Cc3cccs3)C2)s1. The lowest BCUT2D eigenvalue weighted by Gasteiger charge is -2.32. The minimum Gasteiger partial charge on any atom is -0.361 e. The number of aromatic nitrogens is 1. The van der Waals surface area contributed by atoms with Crippen LogP contribution in [0.4, 0.5) is 18.3 Å². The molecule has 1 aliphatic heterocycles. The lowest BCUT2D eigenvalue weighted by atomic mass is 9.98. The summed E-state index contributed by atoms with van der Waals surface area (Å²) in [6, 6.07) is 4.20. The summed E-state index contributed by atoms with van der Waals surface area (Å²) >= 11 is 2.43. The van der Waals surface area contributed by atoms with Crippen LogP contribution in [-0.4, -0.2) is 29.5 Å². The van der Waals surface area contributed by atoms with Crippen LogP contribution >= 0.6 is 22.7 Å². The van der Waals surface area contributed by atoms with Crippen LogP contribution in [0.2, 0.25) is 0 Å². The molecule has 0 bridgehead atoms. The Kier molecular flexibility index (Phi) is 5.23. The number of thiophene rings is 1. The van der Waals surface area contributed by atoms with E-state index in [1.54, 1.807) is 11.3 Å². The van der Waals surface area contributed by atoms with E-state index in [0.717, 1.165) is 38.7 Å². The van der Waals surface area contributed by atoms with Crippen LogP contribution in [0.3, 0.4) is 0 Å². The number of alkyl halides is 3. The summed E-state index contributed by atoms with van der Waals surface area (Å²) in [6.07, 6.45) is -1.17. The van der Waals surface area contributed by atoms with Gasteiger partial charge in [0.05, 0.1) is 6.20 Å². The first-order chi connectivity index (χ1) is 11.0. The Labute approximate surface area is 141 Å². The average molecular weight is 361 g/mol. The van der Waals surface area contributed by atoms with Crippen molar-refractivity contribution in [3.05, 3.63) is 33.5 Å². The van der Waals surface area contributed by atoms with E-state index < -0.39 is 11.1 Å². The van der Waals surface area contributed by atoms with Gasteiger partial charge < -0.3 is 5.32 Å². The van der Waals surface area contributed by atoms with Gasteiger partial charge in [0.25, 0.3) is 0 Å². The zero-order valence-corrected chi connectivity index (χ0v) is 14.1. The van der Waals surface area contributed by atoms with Crippen LogP contribution in [0.1, 0.15) is 22.6 Å². The molecular formula is C15H18F3N3S2. The molecule has 126 valence electrons. The molecule has 1 aliphatic rings. The maximum Gasteiger partial charge on any atom is 0.427 e. The van der Waals surface area contributed by atoms with Gasteiger partial charge in [-0.25, -0.2) is 4.98 Å². The number of nitrogens with zero attached hydrogens (tertiary/aromatic N) is 2. The number of hydrogen-bond donors (Lipinski definition) is 1. The largest absolute Gasteiger partial charge is 0.427 e. The highest BCUT2D eigenvalue weighted by molar-refractivity contribution is 7.15. The summed E-state index contributed by atoms with van der Waals surface area (Å²) in [5.74, 6) is 0.446. The van der Waals surface area contributed by atoms with Gasteiger partial charge in [0.1, 0.15) is 4.88 Å². The van der Waals surface area contributed by atoms with E-state index in [9.17, 15) is 13.2 Å². The Bertz CT molecular complexity index is 610. The molecule has 1 saturated heterocycles. The van der Waals surface area contributed by atoms with Crippen molar-refractivity contribution < 1.29 is 13.2 Å². The average Bonchev–Trinajstić information content (AvgIpc) is 3.16. The molecule has 0 spiro atoms. The van der Waals surface area contributed by atoms with E-state index in [4.69, 9.17) is 0 Å². The van der Waals surface area contributed by atoms with Crippen molar-refractivity contribution in [3.8, 4) is 0 Å². The van der Waals surface area contributed by atoms with Crippen molar-refractivity contribution in [1.82, 2.24) is 9.88 Å². The Morgan fingerprint density at radius 2 is 2.26 bits per heavy atom. The smallest absolute Gasteiger partial charge is 0.361 e. The first-order valence-electron chi connectivity index (χ1n) is 7.52. The number of rotatable bonds is 5. The van der Waals surface area contributed by atoms with E-state index >= 15 is 0 Å². The van der Waals surface area contributed by atoms with Crippen molar-refractivity contribution in [2.24, 2.45) is 5.92 Å². The normalized spacial score (nSPS) is 19.9. The quantitative estimate of drug-likeness (QED) is 0.847. The predicted molar refractivity (Wildman–Crippen MR) is 87.9 cm³/mol. The van der Waals surface area contributed by atoms with Crippen LogP contribution in [0.25, 0.3) is 0 Å². The Morgan fingerprint density at radius 1 is 1.39 bits per heavy atom. The summed E-state index contributed by atoms with van der Waals surface area (Å²) < 4.78 is 37.7. The molecule has 3 nitrogen and oxygen atoms in total. The Morgan fingerprint density at radius 3 is 2.96 bits per heavy atom. The third-order valence-corrected chi connectivity index (χ3v) is 5.75. The number of thiazole rings is 1. The van der Waals surface area contributed by atoms with Crippen molar-refractivity contribution >= 4 is 27.8 Å². The fourth-order valence-electron chi connectivity index (χ4n) is 2.80. The lowest BCUT2D eigenvalue weighted by molar-refractivity contribution is -0.134. The van der Waals surface area contributed by atoms with E-state index in [1.165, 1.54) is 4.88 Å². The minimum atomic E-state index is -4.31. The first kappa shape index (κ1) is 16.7. The standard InChI is InChI=1S/C15H18F3N3S2/c16-15(17,18)13-8-20-14(23-13)19-7-11-3-1-5-21(9-11)10-12-4-2-6-22-12/h2,4,6,8,11H,1,3,5,7,9-10H2,(H,19,20). The maximum absolute atomic E-state index is 12.6. The van der Waals surface area contributed by atoms with Crippen molar-refractivity contribution in [2.45, 2.75) is 25.6 Å². The second-order valence-corrected chi connectivity index (χ2v) is 7.79. The van der Waals surface area contributed by atoms with Gasteiger partial charge in [-0.2, -0.15) is 13.2 Å². The lowest BCUT2D eigenvalue weighted by Crippen LogP contribution is -2.37. The van der Waals surface area contributed by atoms with E-state index in [0.29, 0.717) is 28.9 Å². The number of piperidine rings is 1. The van der Waals surface area contributed by atoms with E-state index in [1.807, 2.05) is 0 Å². The van der Waals surface area contributed by atoms with Crippen LogP contribution in [-0.2, 0) is 12.7 Å². The molecule has 0 aromatic carbocycles. The number of anilines is 1. The van der Waals surface area contributed by atoms with E-state index in [-0.39, 0.29) is 0 Å². The molecule has 0 radical (unpaired) electrons. The summed E-state index contributed by atoms with van der Waals surface area (Å²) in [7, 11) is 0. The molecule has 0 amide bonds. The number of hydrogen-bond acceptors (Lipinski definition) is 5. The van der Waals surface area contributed by atoms with Crippen molar-refractivity contribution in [2.75, 3.05) is 25.0 Å². The van der Waals surface area contributed by atoms with Gasteiger partial charge in [0.15, 0.2) is 5.13 Å².